The summed E-state index contributed by atoms with van der Waals surface area (Å²) in [6, 6.07) is 8.50. The van der Waals surface area contributed by atoms with Gasteiger partial charge in [-0.25, -0.2) is 0 Å². The molecule has 0 amide bonds. The number of rotatable bonds is 1. The fourth-order valence-electron chi connectivity index (χ4n) is 2.52. The Kier molecular flexibility index (Phi) is 1.91. The van der Waals surface area contributed by atoms with Gasteiger partial charge in [0.05, 0.1) is 11.7 Å². The SMILES string of the molecule is c1cc2c(-c3ccc4c(c3)NCC4)n[nH]c2cn1. The molecule has 0 saturated heterocycles. The molecule has 3 heterocycles. The van der Waals surface area contributed by atoms with E-state index in [2.05, 4.69) is 38.7 Å². The second-order valence-corrected chi connectivity index (χ2v) is 4.54. The molecule has 4 rings (SSSR count). The third-order valence-corrected chi connectivity index (χ3v) is 3.46. The van der Waals surface area contributed by atoms with Gasteiger partial charge in [0.1, 0.15) is 5.69 Å². The average Bonchev–Trinajstić information content (AvgIpc) is 3.04. The van der Waals surface area contributed by atoms with Crippen LogP contribution in [0.15, 0.2) is 36.7 Å². The molecule has 4 heteroatoms. The third kappa shape index (κ3) is 1.32. The Hall–Kier alpha value is -2.36. The van der Waals surface area contributed by atoms with Crippen LogP contribution in [0.1, 0.15) is 5.56 Å². The molecule has 2 aromatic heterocycles. The van der Waals surface area contributed by atoms with E-state index in [-0.39, 0.29) is 0 Å². The van der Waals surface area contributed by atoms with E-state index in [1.54, 1.807) is 12.4 Å². The third-order valence-electron chi connectivity index (χ3n) is 3.46. The van der Waals surface area contributed by atoms with Crippen molar-refractivity contribution >= 4 is 16.6 Å². The van der Waals surface area contributed by atoms with Crippen LogP contribution in [0.5, 0.6) is 0 Å². The standard InChI is InChI=1S/C14H12N4/c1-2-10(7-12-9(1)3-6-16-12)14-11-4-5-15-8-13(11)17-18-14/h1-2,4-5,7-8,16H,3,6H2,(H,17,18). The maximum Gasteiger partial charge on any atom is 0.100 e. The Bertz CT molecular complexity index is 729. The number of hydrogen-bond acceptors (Lipinski definition) is 3. The van der Waals surface area contributed by atoms with Crippen LogP contribution in [0.3, 0.4) is 0 Å². The van der Waals surface area contributed by atoms with Crippen molar-refractivity contribution < 1.29 is 0 Å². The Balaban J connectivity index is 1.92. The number of nitrogens with one attached hydrogen (secondary N) is 2. The number of anilines is 1. The molecule has 0 bridgehead atoms. The van der Waals surface area contributed by atoms with E-state index in [9.17, 15) is 0 Å². The van der Waals surface area contributed by atoms with Crippen LogP contribution >= 0.6 is 0 Å². The summed E-state index contributed by atoms with van der Waals surface area (Å²) in [5.74, 6) is 0. The van der Waals surface area contributed by atoms with Crippen LogP contribution in [0.2, 0.25) is 0 Å². The predicted molar refractivity (Wildman–Crippen MR) is 71.5 cm³/mol. The van der Waals surface area contributed by atoms with Gasteiger partial charge in [0.2, 0.25) is 0 Å². The molecule has 0 saturated carbocycles. The zero-order valence-electron chi connectivity index (χ0n) is 9.77. The molecule has 2 N–H and O–H groups in total. The van der Waals surface area contributed by atoms with E-state index in [0.29, 0.717) is 0 Å². The summed E-state index contributed by atoms with van der Waals surface area (Å²) in [6.07, 6.45) is 4.71. The van der Waals surface area contributed by atoms with Gasteiger partial charge in [0.25, 0.3) is 0 Å². The summed E-state index contributed by atoms with van der Waals surface area (Å²) in [5.41, 5.74) is 5.73. The minimum atomic E-state index is 0.973. The molecule has 0 spiro atoms. The van der Waals surface area contributed by atoms with Crippen molar-refractivity contribution in [3.63, 3.8) is 0 Å². The molecule has 0 aliphatic carbocycles. The maximum atomic E-state index is 4.40. The molecule has 1 aliphatic rings. The summed E-state index contributed by atoms with van der Waals surface area (Å²) >= 11 is 0. The lowest BCUT2D eigenvalue weighted by Crippen LogP contribution is -1.91. The largest absolute Gasteiger partial charge is 0.384 e. The lowest BCUT2D eigenvalue weighted by atomic mass is 10.0. The summed E-state index contributed by atoms with van der Waals surface area (Å²) in [7, 11) is 0. The van der Waals surface area contributed by atoms with Gasteiger partial charge in [0, 0.05) is 29.4 Å². The van der Waals surface area contributed by atoms with Crippen molar-refractivity contribution in [3.05, 3.63) is 42.2 Å². The van der Waals surface area contributed by atoms with Crippen LogP contribution in [0, 0.1) is 0 Å². The minimum absolute atomic E-state index is 0.973. The number of aromatic nitrogens is 3. The topological polar surface area (TPSA) is 53.6 Å². The highest BCUT2D eigenvalue weighted by Crippen LogP contribution is 2.31. The van der Waals surface area contributed by atoms with E-state index in [0.717, 1.165) is 35.1 Å². The predicted octanol–water partition coefficient (Wildman–Crippen LogP) is 2.59. The van der Waals surface area contributed by atoms with Gasteiger partial charge in [0.15, 0.2) is 0 Å². The van der Waals surface area contributed by atoms with E-state index >= 15 is 0 Å². The zero-order chi connectivity index (χ0) is 11.9. The first-order valence-corrected chi connectivity index (χ1v) is 6.07. The number of hydrogen-bond donors (Lipinski definition) is 2. The van der Waals surface area contributed by atoms with Crippen LogP contribution in [-0.2, 0) is 6.42 Å². The van der Waals surface area contributed by atoms with E-state index in [1.165, 1.54) is 11.3 Å². The van der Waals surface area contributed by atoms with Crippen LogP contribution in [-0.4, -0.2) is 21.7 Å². The molecule has 1 aromatic carbocycles. The molecule has 88 valence electrons. The van der Waals surface area contributed by atoms with Crippen molar-refractivity contribution in [1.29, 1.82) is 0 Å². The highest BCUT2D eigenvalue weighted by atomic mass is 15.1. The van der Waals surface area contributed by atoms with Crippen LogP contribution in [0.25, 0.3) is 22.2 Å². The fourth-order valence-corrected chi connectivity index (χ4v) is 2.52. The van der Waals surface area contributed by atoms with Gasteiger partial charge < -0.3 is 5.32 Å². The molecule has 0 radical (unpaired) electrons. The fraction of sp³-hybridized carbons (Fsp3) is 0.143. The normalized spacial score (nSPS) is 13.6. The molecule has 0 atom stereocenters. The first-order valence-electron chi connectivity index (χ1n) is 6.07. The molecular weight excluding hydrogens is 224 g/mol. The summed E-state index contributed by atoms with van der Waals surface area (Å²) in [4.78, 5) is 4.09. The monoisotopic (exact) mass is 236 g/mol. The molecule has 4 nitrogen and oxygen atoms in total. The molecule has 0 fully saturated rings. The van der Waals surface area contributed by atoms with E-state index < -0.39 is 0 Å². The first-order chi connectivity index (χ1) is 8.92. The second kappa shape index (κ2) is 3.57. The van der Waals surface area contributed by atoms with Crippen molar-refractivity contribution in [3.8, 4) is 11.3 Å². The van der Waals surface area contributed by atoms with Gasteiger partial charge in [-0.05, 0) is 24.1 Å². The quantitative estimate of drug-likeness (QED) is 0.682. The molecule has 0 unspecified atom stereocenters. The molecule has 1 aliphatic heterocycles. The number of H-pyrrole nitrogens is 1. The molecule has 18 heavy (non-hydrogen) atoms. The van der Waals surface area contributed by atoms with E-state index in [1.807, 2.05) is 6.07 Å². The number of benzene rings is 1. The van der Waals surface area contributed by atoms with Crippen molar-refractivity contribution in [2.45, 2.75) is 6.42 Å². The van der Waals surface area contributed by atoms with Gasteiger partial charge in [-0.3, -0.25) is 10.1 Å². The Labute approximate surface area is 104 Å². The number of aromatic amines is 1. The minimum Gasteiger partial charge on any atom is -0.384 e. The summed E-state index contributed by atoms with van der Waals surface area (Å²) in [5, 5.41) is 11.9. The first kappa shape index (κ1) is 9.65. The number of pyridine rings is 1. The van der Waals surface area contributed by atoms with Gasteiger partial charge in [-0.15, -0.1) is 0 Å². The highest BCUT2D eigenvalue weighted by molar-refractivity contribution is 5.92. The molecular formula is C14H12N4. The van der Waals surface area contributed by atoms with Crippen molar-refractivity contribution in [1.82, 2.24) is 15.2 Å². The van der Waals surface area contributed by atoms with Gasteiger partial charge >= 0.3 is 0 Å². The Morgan fingerprint density at radius 1 is 1.17 bits per heavy atom. The number of nitrogens with zero attached hydrogens (tertiary/aromatic N) is 2. The van der Waals surface area contributed by atoms with Crippen LogP contribution < -0.4 is 5.32 Å². The Morgan fingerprint density at radius 3 is 3.17 bits per heavy atom. The van der Waals surface area contributed by atoms with Gasteiger partial charge in [-0.2, -0.15) is 5.10 Å². The summed E-state index contributed by atoms with van der Waals surface area (Å²) < 4.78 is 0. The number of fused-ring (bicyclic) bond motifs is 2. The van der Waals surface area contributed by atoms with Crippen molar-refractivity contribution in [2.75, 3.05) is 11.9 Å². The average molecular weight is 236 g/mol. The second-order valence-electron chi connectivity index (χ2n) is 4.54. The lowest BCUT2D eigenvalue weighted by Gasteiger charge is -2.03. The Morgan fingerprint density at radius 2 is 2.17 bits per heavy atom. The molecule has 3 aromatic rings. The van der Waals surface area contributed by atoms with E-state index in [4.69, 9.17) is 0 Å². The summed E-state index contributed by atoms with van der Waals surface area (Å²) in [6.45, 7) is 1.03. The smallest absolute Gasteiger partial charge is 0.100 e. The zero-order valence-corrected chi connectivity index (χ0v) is 9.77. The van der Waals surface area contributed by atoms with Crippen molar-refractivity contribution in [2.24, 2.45) is 0 Å². The lowest BCUT2D eigenvalue weighted by molar-refractivity contribution is 1.11. The van der Waals surface area contributed by atoms with Crippen LogP contribution in [0.4, 0.5) is 5.69 Å². The van der Waals surface area contributed by atoms with Gasteiger partial charge in [-0.1, -0.05) is 12.1 Å². The highest BCUT2D eigenvalue weighted by Gasteiger charge is 2.13. The maximum absolute atomic E-state index is 4.40.